The van der Waals surface area contributed by atoms with E-state index < -0.39 is 0 Å². The number of nitrogens with one attached hydrogen (secondary N) is 1. The Balaban J connectivity index is 1.88. The number of nitriles is 1. The number of aromatic nitrogens is 2. The average Bonchev–Trinajstić information content (AvgIpc) is 3.06. The van der Waals surface area contributed by atoms with E-state index in [9.17, 15) is 9.59 Å². The molecule has 1 amide bonds. The van der Waals surface area contributed by atoms with Gasteiger partial charge in [-0.05, 0) is 35.9 Å². The summed E-state index contributed by atoms with van der Waals surface area (Å²) >= 11 is 2.63. The number of fused-ring (bicyclic) bond motifs is 1. The van der Waals surface area contributed by atoms with Gasteiger partial charge in [0.1, 0.15) is 11.2 Å². The number of amides is 1. The second kappa shape index (κ2) is 6.86. The third-order valence-electron chi connectivity index (χ3n) is 3.29. The summed E-state index contributed by atoms with van der Waals surface area (Å²) in [6.07, 6.45) is 1.81. The van der Waals surface area contributed by atoms with Crippen LogP contribution >= 0.6 is 23.1 Å². The minimum absolute atomic E-state index is 0.132. The summed E-state index contributed by atoms with van der Waals surface area (Å²) in [5.74, 6) is -0.347. The largest absolute Gasteiger partial charge is 0.324 e. The molecule has 8 heteroatoms. The molecule has 24 heavy (non-hydrogen) atoms. The number of nitrogens with zero attached hydrogens (tertiary/aromatic N) is 3. The van der Waals surface area contributed by atoms with E-state index >= 15 is 0 Å². The van der Waals surface area contributed by atoms with Gasteiger partial charge in [0.25, 0.3) is 5.56 Å². The van der Waals surface area contributed by atoms with Gasteiger partial charge in [0.15, 0.2) is 5.16 Å². The molecule has 0 fully saturated rings. The number of carbonyl (C=O) groups is 1. The maximum Gasteiger partial charge on any atom is 0.272 e. The van der Waals surface area contributed by atoms with E-state index in [1.807, 2.05) is 12.3 Å². The average molecular weight is 356 g/mol. The fourth-order valence-corrected chi connectivity index (χ4v) is 3.57. The highest BCUT2D eigenvalue weighted by Crippen LogP contribution is 2.19. The van der Waals surface area contributed by atoms with Gasteiger partial charge >= 0.3 is 0 Å². The molecule has 0 bridgehead atoms. The molecule has 3 aromatic rings. The van der Waals surface area contributed by atoms with Gasteiger partial charge in [0, 0.05) is 5.69 Å². The van der Waals surface area contributed by atoms with E-state index in [-0.39, 0.29) is 18.0 Å². The first-order valence-corrected chi connectivity index (χ1v) is 9.05. The predicted molar refractivity (Wildman–Crippen MR) is 95.4 cm³/mol. The monoisotopic (exact) mass is 356 g/mol. The minimum Gasteiger partial charge on any atom is -0.324 e. The molecule has 0 aliphatic carbocycles. The fraction of sp³-hybridized carbons (Fsp3) is 0.125. The first-order chi connectivity index (χ1) is 11.6. The number of carbonyl (C=O) groups excluding carboxylic acids is 1. The van der Waals surface area contributed by atoms with Crippen molar-refractivity contribution in [3.8, 4) is 6.07 Å². The summed E-state index contributed by atoms with van der Waals surface area (Å²) in [5, 5.41) is 13.9. The normalized spacial score (nSPS) is 10.5. The van der Waals surface area contributed by atoms with Gasteiger partial charge in [-0.25, -0.2) is 4.98 Å². The topological polar surface area (TPSA) is 87.8 Å². The molecule has 1 aromatic carbocycles. The van der Waals surface area contributed by atoms with Crippen molar-refractivity contribution in [2.24, 2.45) is 0 Å². The summed E-state index contributed by atoms with van der Waals surface area (Å²) < 4.78 is 1.90. The first kappa shape index (κ1) is 16.2. The quantitative estimate of drug-likeness (QED) is 0.573. The first-order valence-electron chi connectivity index (χ1n) is 6.94. The number of hydrogen-bond donors (Lipinski definition) is 1. The van der Waals surface area contributed by atoms with Crippen LogP contribution in [-0.4, -0.2) is 21.7 Å². The number of hydrogen-bond acceptors (Lipinski definition) is 6. The van der Waals surface area contributed by atoms with Crippen LogP contribution < -0.4 is 10.9 Å². The van der Waals surface area contributed by atoms with Crippen LogP contribution in [-0.2, 0) is 11.3 Å². The molecular formula is C16H12N4O2S2. The molecular weight excluding hydrogens is 344 g/mol. The second-order valence-electron chi connectivity index (χ2n) is 4.87. The Bertz CT molecular complexity index is 1020. The van der Waals surface area contributed by atoms with Crippen molar-refractivity contribution in [3.63, 3.8) is 0 Å². The van der Waals surface area contributed by atoms with Gasteiger partial charge in [-0.1, -0.05) is 17.8 Å². The second-order valence-corrected chi connectivity index (χ2v) is 6.56. The zero-order valence-corrected chi connectivity index (χ0v) is 14.3. The number of benzene rings is 1. The Kier molecular flexibility index (Phi) is 4.64. The Labute approximate surface area is 145 Å². The summed E-state index contributed by atoms with van der Waals surface area (Å²) in [4.78, 5) is 29.3. The smallest absolute Gasteiger partial charge is 0.272 e. The van der Waals surface area contributed by atoms with Gasteiger partial charge in [-0.15, -0.1) is 11.3 Å². The van der Waals surface area contributed by atoms with E-state index in [0.717, 1.165) is 0 Å². The van der Waals surface area contributed by atoms with Gasteiger partial charge in [0.2, 0.25) is 5.91 Å². The maximum absolute atomic E-state index is 12.6. The van der Waals surface area contributed by atoms with Crippen molar-refractivity contribution in [1.82, 2.24) is 9.55 Å². The lowest BCUT2D eigenvalue weighted by Gasteiger charge is -2.11. The summed E-state index contributed by atoms with van der Waals surface area (Å²) in [6, 6.07) is 10.4. The lowest BCUT2D eigenvalue weighted by Crippen LogP contribution is -2.29. The Morgan fingerprint density at radius 1 is 1.46 bits per heavy atom. The summed E-state index contributed by atoms with van der Waals surface area (Å²) in [6.45, 7) is -0.132. The molecule has 0 aliphatic rings. The van der Waals surface area contributed by atoms with Crippen LogP contribution in [0.3, 0.4) is 0 Å². The molecule has 6 nitrogen and oxygen atoms in total. The Hall–Kier alpha value is -2.63. The third kappa shape index (κ3) is 3.18. The number of thioether (sulfide) groups is 1. The van der Waals surface area contributed by atoms with Crippen molar-refractivity contribution >= 4 is 44.9 Å². The van der Waals surface area contributed by atoms with Gasteiger partial charge < -0.3 is 5.32 Å². The molecule has 3 rings (SSSR count). The highest BCUT2D eigenvalue weighted by molar-refractivity contribution is 7.98. The lowest BCUT2D eigenvalue weighted by molar-refractivity contribution is -0.116. The zero-order chi connectivity index (χ0) is 17.1. The number of anilines is 1. The molecule has 0 atom stereocenters. The highest BCUT2D eigenvalue weighted by Gasteiger charge is 2.14. The molecule has 2 aromatic heterocycles. The van der Waals surface area contributed by atoms with E-state index in [1.54, 1.807) is 35.7 Å². The van der Waals surface area contributed by atoms with E-state index in [2.05, 4.69) is 10.3 Å². The molecule has 0 saturated heterocycles. The molecule has 2 heterocycles. The van der Waals surface area contributed by atoms with Crippen LogP contribution in [0, 0.1) is 11.3 Å². The summed E-state index contributed by atoms with van der Waals surface area (Å²) in [7, 11) is 0. The van der Waals surface area contributed by atoms with Crippen LogP contribution in [0.15, 0.2) is 45.7 Å². The van der Waals surface area contributed by atoms with Crippen LogP contribution in [0.25, 0.3) is 10.2 Å². The molecule has 0 saturated carbocycles. The van der Waals surface area contributed by atoms with Crippen LogP contribution in [0.5, 0.6) is 0 Å². The van der Waals surface area contributed by atoms with Crippen LogP contribution in [0.1, 0.15) is 5.56 Å². The predicted octanol–water partition coefficient (Wildman–Crippen LogP) is 2.69. The molecule has 0 spiro atoms. The minimum atomic E-state index is -0.347. The Morgan fingerprint density at radius 3 is 3.04 bits per heavy atom. The van der Waals surface area contributed by atoms with Crippen molar-refractivity contribution in [3.05, 3.63) is 51.6 Å². The van der Waals surface area contributed by atoms with Crippen LogP contribution in [0.2, 0.25) is 0 Å². The SMILES string of the molecule is CSc1nc2ccsc2c(=O)n1CC(=O)Nc1cccc(C#N)c1. The van der Waals surface area contributed by atoms with Crippen molar-refractivity contribution < 1.29 is 4.79 Å². The lowest BCUT2D eigenvalue weighted by atomic mass is 10.2. The fourth-order valence-electron chi connectivity index (χ4n) is 2.23. The van der Waals surface area contributed by atoms with Crippen molar-refractivity contribution in [2.45, 2.75) is 11.7 Å². The van der Waals surface area contributed by atoms with E-state index in [4.69, 9.17) is 5.26 Å². The van der Waals surface area contributed by atoms with Gasteiger partial charge in [-0.2, -0.15) is 5.26 Å². The van der Waals surface area contributed by atoms with E-state index in [0.29, 0.717) is 26.6 Å². The number of thiophene rings is 1. The number of rotatable bonds is 4. The summed E-state index contributed by atoms with van der Waals surface area (Å²) in [5.41, 5.74) is 1.40. The van der Waals surface area contributed by atoms with Crippen LogP contribution in [0.4, 0.5) is 5.69 Å². The molecule has 120 valence electrons. The molecule has 0 unspecified atom stereocenters. The third-order valence-corrected chi connectivity index (χ3v) is 4.86. The Morgan fingerprint density at radius 2 is 2.29 bits per heavy atom. The maximum atomic E-state index is 12.6. The van der Waals surface area contributed by atoms with E-state index in [1.165, 1.54) is 27.7 Å². The van der Waals surface area contributed by atoms with Gasteiger partial charge in [-0.3, -0.25) is 14.2 Å². The standard InChI is InChI=1S/C16H12N4O2S2/c1-23-16-19-12-5-6-24-14(12)15(22)20(16)9-13(21)18-11-4-2-3-10(7-11)8-17/h2-7H,9H2,1H3,(H,18,21). The highest BCUT2D eigenvalue weighted by atomic mass is 32.2. The molecule has 0 radical (unpaired) electrons. The molecule has 0 aliphatic heterocycles. The van der Waals surface area contributed by atoms with Crippen molar-refractivity contribution in [2.75, 3.05) is 11.6 Å². The van der Waals surface area contributed by atoms with Crippen molar-refractivity contribution in [1.29, 1.82) is 5.26 Å². The molecule has 1 N–H and O–H groups in total. The zero-order valence-electron chi connectivity index (χ0n) is 12.6. The van der Waals surface area contributed by atoms with Gasteiger partial charge in [0.05, 0.1) is 17.1 Å².